The molecule has 1 amide bonds. The number of aromatic nitrogens is 2. The van der Waals surface area contributed by atoms with E-state index in [2.05, 4.69) is 5.10 Å². The van der Waals surface area contributed by atoms with Crippen molar-refractivity contribution in [3.8, 4) is 5.75 Å². The van der Waals surface area contributed by atoms with Crippen molar-refractivity contribution in [3.63, 3.8) is 0 Å². The van der Waals surface area contributed by atoms with E-state index >= 15 is 0 Å². The number of halogens is 2. The maximum Gasteiger partial charge on any atom is 0.279 e. The molecule has 2 aromatic heterocycles. The second-order valence-corrected chi connectivity index (χ2v) is 7.01. The van der Waals surface area contributed by atoms with E-state index in [1.807, 2.05) is 18.2 Å². The predicted octanol–water partition coefficient (Wildman–Crippen LogP) is 4.04. The van der Waals surface area contributed by atoms with Crippen LogP contribution in [0.15, 0.2) is 88.3 Å². The summed E-state index contributed by atoms with van der Waals surface area (Å²) in [7, 11) is 0. The molecule has 9 heteroatoms. The van der Waals surface area contributed by atoms with E-state index in [0.717, 1.165) is 21.7 Å². The first-order valence-electron chi connectivity index (χ1n) is 10.1. The fourth-order valence-electron chi connectivity index (χ4n) is 3.15. The van der Waals surface area contributed by atoms with Gasteiger partial charge >= 0.3 is 0 Å². The zero-order valence-corrected chi connectivity index (χ0v) is 17.4. The van der Waals surface area contributed by atoms with Gasteiger partial charge in [-0.25, -0.2) is 13.5 Å². The Bertz CT molecular complexity index is 1290. The van der Waals surface area contributed by atoms with Gasteiger partial charge in [-0.3, -0.25) is 14.5 Å². The van der Waals surface area contributed by atoms with E-state index in [4.69, 9.17) is 9.15 Å². The minimum Gasteiger partial charge on any atom is -0.492 e. The SMILES string of the molecule is O=C(c1ccc(=O)n(CCOc2ccccc2)n1)N(Cc1ccco1)c1ccc(F)cc1F. The molecule has 4 rings (SSSR count). The van der Waals surface area contributed by atoms with Gasteiger partial charge in [0.2, 0.25) is 0 Å². The Balaban J connectivity index is 1.59. The summed E-state index contributed by atoms with van der Waals surface area (Å²) in [4.78, 5) is 26.6. The van der Waals surface area contributed by atoms with Crippen molar-refractivity contribution in [2.24, 2.45) is 0 Å². The van der Waals surface area contributed by atoms with E-state index in [-0.39, 0.29) is 31.1 Å². The number of rotatable bonds is 8. The van der Waals surface area contributed by atoms with Crippen molar-refractivity contribution in [3.05, 3.63) is 113 Å². The van der Waals surface area contributed by atoms with Crippen LogP contribution in [0.1, 0.15) is 16.2 Å². The van der Waals surface area contributed by atoms with E-state index in [1.54, 1.807) is 24.3 Å². The lowest BCUT2D eigenvalue weighted by Crippen LogP contribution is -2.34. The van der Waals surface area contributed by atoms with Crippen molar-refractivity contribution >= 4 is 11.6 Å². The van der Waals surface area contributed by atoms with Crippen molar-refractivity contribution in [1.29, 1.82) is 0 Å². The average Bonchev–Trinajstić information content (AvgIpc) is 3.33. The maximum atomic E-state index is 14.5. The Hall–Kier alpha value is -4.27. The quantitative estimate of drug-likeness (QED) is 0.404. The van der Waals surface area contributed by atoms with Crippen molar-refractivity contribution in [2.45, 2.75) is 13.1 Å². The van der Waals surface area contributed by atoms with E-state index in [9.17, 15) is 18.4 Å². The summed E-state index contributed by atoms with van der Waals surface area (Å²) in [6.45, 7) is 0.127. The number of furan rings is 1. The highest BCUT2D eigenvalue weighted by Gasteiger charge is 2.24. The molecule has 0 saturated heterocycles. The van der Waals surface area contributed by atoms with Crippen LogP contribution >= 0.6 is 0 Å². The molecule has 2 aromatic carbocycles. The molecule has 4 aromatic rings. The smallest absolute Gasteiger partial charge is 0.279 e. The molecule has 0 aliphatic rings. The van der Waals surface area contributed by atoms with Crippen LogP contribution in [0.5, 0.6) is 5.75 Å². The zero-order chi connectivity index (χ0) is 23.2. The number of carbonyl (C=O) groups excluding carboxylic acids is 1. The van der Waals surface area contributed by atoms with Gasteiger partial charge in [0.05, 0.1) is 25.0 Å². The first-order chi connectivity index (χ1) is 16.0. The molecule has 0 spiro atoms. The van der Waals surface area contributed by atoms with Crippen LogP contribution in [0, 0.1) is 11.6 Å². The zero-order valence-electron chi connectivity index (χ0n) is 17.4. The second-order valence-electron chi connectivity index (χ2n) is 7.01. The predicted molar refractivity (Wildman–Crippen MR) is 116 cm³/mol. The van der Waals surface area contributed by atoms with E-state index < -0.39 is 23.1 Å². The van der Waals surface area contributed by atoms with Gasteiger partial charge < -0.3 is 9.15 Å². The number of carbonyl (C=O) groups is 1. The van der Waals surface area contributed by atoms with Crippen LogP contribution in [0.4, 0.5) is 14.5 Å². The minimum atomic E-state index is -0.917. The fraction of sp³-hybridized carbons (Fsp3) is 0.125. The van der Waals surface area contributed by atoms with Crippen molar-refractivity contribution in [1.82, 2.24) is 9.78 Å². The van der Waals surface area contributed by atoms with Crippen molar-refractivity contribution in [2.75, 3.05) is 11.5 Å². The molecule has 0 N–H and O–H groups in total. The number of amides is 1. The van der Waals surface area contributed by atoms with Gasteiger partial charge in [-0.1, -0.05) is 18.2 Å². The molecular weight excluding hydrogens is 432 g/mol. The van der Waals surface area contributed by atoms with Crippen LogP contribution in [0.25, 0.3) is 0 Å². The Labute approximate surface area is 187 Å². The number of para-hydroxylation sites is 1. The van der Waals surface area contributed by atoms with Crippen LogP contribution in [0.3, 0.4) is 0 Å². The fourth-order valence-corrected chi connectivity index (χ4v) is 3.15. The molecule has 33 heavy (non-hydrogen) atoms. The lowest BCUT2D eigenvalue weighted by molar-refractivity contribution is 0.0974. The highest BCUT2D eigenvalue weighted by atomic mass is 19.1. The Morgan fingerprint density at radius 2 is 1.85 bits per heavy atom. The highest BCUT2D eigenvalue weighted by molar-refractivity contribution is 6.04. The summed E-state index contributed by atoms with van der Waals surface area (Å²) in [5.41, 5.74) is -0.664. The summed E-state index contributed by atoms with van der Waals surface area (Å²) < 4.78 is 39.9. The molecule has 7 nitrogen and oxygen atoms in total. The topological polar surface area (TPSA) is 77.6 Å². The maximum absolute atomic E-state index is 14.5. The summed E-state index contributed by atoms with van der Waals surface area (Å²) >= 11 is 0. The Kier molecular flexibility index (Phi) is 6.58. The standard InChI is InChI=1S/C24H19F2N3O4/c25-17-8-10-22(20(26)15-17)28(16-19-7-4-13-32-19)24(31)21-9-11-23(30)29(27-21)12-14-33-18-5-2-1-3-6-18/h1-11,13,15H,12,14,16H2. The summed E-state index contributed by atoms with van der Waals surface area (Å²) in [6.07, 6.45) is 1.42. The third-order valence-electron chi connectivity index (χ3n) is 4.74. The lowest BCUT2D eigenvalue weighted by atomic mass is 10.2. The molecule has 0 bridgehead atoms. The highest BCUT2D eigenvalue weighted by Crippen LogP contribution is 2.24. The Morgan fingerprint density at radius 1 is 1.03 bits per heavy atom. The first-order valence-corrected chi connectivity index (χ1v) is 10.1. The molecule has 0 unspecified atom stereocenters. The third-order valence-corrected chi connectivity index (χ3v) is 4.74. The molecule has 2 heterocycles. The molecule has 0 atom stereocenters. The van der Waals surface area contributed by atoms with Gasteiger partial charge in [-0.2, -0.15) is 5.10 Å². The van der Waals surface area contributed by atoms with Gasteiger partial charge in [0.25, 0.3) is 11.5 Å². The average molecular weight is 451 g/mol. The summed E-state index contributed by atoms with van der Waals surface area (Å²) in [5, 5.41) is 4.13. The normalized spacial score (nSPS) is 10.7. The van der Waals surface area contributed by atoms with Gasteiger partial charge in [-0.05, 0) is 42.5 Å². The molecule has 0 radical (unpaired) electrons. The second kappa shape index (κ2) is 9.90. The molecule has 0 saturated carbocycles. The first kappa shape index (κ1) is 21.9. The number of anilines is 1. The minimum absolute atomic E-state index is 0.0930. The van der Waals surface area contributed by atoms with Crippen LogP contribution in [-0.4, -0.2) is 22.3 Å². The lowest BCUT2D eigenvalue weighted by Gasteiger charge is -2.22. The van der Waals surface area contributed by atoms with Crippen LogP contribution in [-0.2, 0) is 13.1 Å². The number of ether oxygens (including phenoxy) is 1. The van der Waals surface area contributed by atoms with Gasteiger partial charge in [-0.15, -0.1) is 0 Å². The monoisotopic (exact) mass is 451 g/mol. The third kappa shape index (κ3) is 5.32. The van der Waals surface area contributed by atoms with E-state index in [1.165, 1.54) is 18.4 Å². The van der Waals surface area contributed by atoms with Crippen LogP contribution in [0.2, 0.25) is 0 Å². The molecule has 168 valence electrons. The van der Waals surface area contributed by atoms with Gasteiger partial charge in [0.15, 0.2) is 0 Å². The van der Waals surface area contributed by atoms with Gasteiger partial charge in [0.1, 0.15) is 35.4 Å². The summed E-state index contributed by atoms with van der Waals surface area (Å²) in [6, 6.07) is 17.7. The number of benzene rings is 2. The molecule has 0 aliphatic heterocycles. The molecule has 0 aliphatic carbocycles. The molecule has 0 fully saturated rings. The largest absolute Gasteiger partial charge is 0.492 e. The van der Waals surface area contributed by atoms with Crippen molar-refractivity contribution < 1.29 is 22.7 Å². The Morgan fingerprint density at radius 3 is 2.58 bits per heavy atom. The summed E-state index contributed by atoms with van der Waals surface area (Å²) in [5.74, 6) is -1.35. The number of hydrogen-bond acceptors (Lipinski definition) is 5. The van der Waals surface area contributed by atoms with Crippen LogP contribution < -0.4 is 15.2 Å². The van der Waals surface area contributed by atoms with Gasteiger partial charge in [0, 0.05) is 12.1 Å². The molecular formula is C24H19F2N3O4. The number of nitrogens with zero attached hydrogens (tertiary/aromatic N) is 3. The number of hydrogen-bond donors (Lipinski definition) is 0. The van der Waals surface area contributed by atoms with E-state index in [0.29, 0.717) is 17.6 Å².